The lowest BCUT2D eigenvalue weighted by atomic mass is 9.94. The summed E-state index contributed by atoms with van der Waals surface area (Å²) in [5.74, 6) is 0.0136. The van der Waals surface area contributed by atoms with E-state index in [1.54, 1.807) is 0 Å². The van der Waals surface area contributed by atoms with Gasteiger partial charge in [0, 0.05) is 17.8 Å². The molecule has 0 spiro atoms. The fourth-order valence-electron chi connectivity index (χ4n) is 5.99. The van der Waals surface area contributed by atoms with Crippen LogP contribution in [0.15, 0.2) is 69.2 Å². The number of aromatic nitrogens is 2. The van der Waals surface area contributed by atoms with E-state index in [2.05, 4.69) is 11.4 Å². The maximum atomic E-state index is 14.1. The number of amidine groups is 1. The topological polar surface area (TPSA) is 88.6 Å². The van der Waals surface area contributed by atoms with Gasteiger partial charge in [0.15, 0.2) is 0 Å². The van der Waals surface area contributed by atoms with E-state index in [1.807, 2.05) is 55.5 Å². The normalized spacial score (nSPS) is 17.4. The van der Waals surface area contributed by atoms with Crippen molar-refractivity contribution in [2.45, 2.75) is 89.8 Å². The van der Waals surface area contributed by atoms with E-state index >= 15 is 0 Å². The van der Waals surface area contributed by atoms with E-state index in [0.717, 1.165) is 81.0 Å². The maximum Gasteiger partial charge on any atom is 0.334 e. The standard InChI is InChI=1S/C31H38N4O3/c1-22-12-11-13-23(20-22)21-32-28(33-24-14-5-2-6-15-24)27-29(36)34(25-16-7-3-8-17-25)31(38)35(30(27)37)26-18-9-4-10-19-26/h2,5-6,11-15,20,25-26,36H,3-4,7-10,16-19,21H2,1H3,(H,32,33). The van der Waals surface area contributed by atoms with Crippen LogP contribution in [0.1, 0.15) is 93.0 Å². The second-order valence-corrected chi connectivity index (χ2v) is 10.8. The third-order valence-corrected chi connectivity index (χ3v) is 7.95. The first-order valence-corrected chi connectivity index (χ1v) is 14.1. The van der Waals surface area contributed by atoms with Crippen LogP contribution in [0.25, 0.3) is 0 Å². The Morgan fingerprint density at radius 3 is 2.13 bits per heavy atom. The van der Waals surface area contributed by atoms with Crippen LogP contribution in [0.5, 0.6) is 5.88 Å². The molecule has 38 heavy (non-hydrogen) atoms. The Morgan fingerprint density at radius 1 is 0.868 bits per heavy atom. The van der Waals surface area contributed by atoms with Gasteiger partial charge in [-0.3, -0.25) is 18.9 Å². The number of aromatic hydroxyl groups is 1. The molecule has 0 aliphatic heterocycles. The summed E-state index contributed by atoms with van der Waals surface area (Å²) >= 11 is 0. The number of anilines is 1. The Kier molecular flexibility index (Phi) is 8.11. The average molecular weight is 515 g/mol. The van der Waals surface area contributed by atoms with E-state index in [4.69, 9.17) is 4.99 Å². The summed E-state index contributed by atoms with van der Waals surface area (Å²) in [4.78, 5) is 32.8. The molecule has 5 rings (SSSR count). The molecule has 2 N–H and O–H groups in total. The molecule has 0 unspecified atom stereocenters. The Balaban J connectivity index is 1.69. The zero-order valence-corrected chi connectivity index (χ0v) is 22.2. The fraction of sp³-hybridized carbons (Fsp3) is 0.452. The molecule has 0 amide bonds. The predicted molar refractivity (Wildman–Crippen MR) is 152 cm³/mol. The molecule has 2 saturated carbocycles. The third-order valence-electron chi connectivity index (χ3n) is 7.95. The van der Waals surface area contributed by atoms with Crippen LogP contribution >= 0.6 is 0 Å². The van der Waals surface area contributed by atoms with Gasteiger partial charge in [-0.25, -0.2) is 4.79 Å². The third kappa shape index (κ3) is 5.62. The second-order valence-electron chi connectivity index (χ2n) is 10.8. The van der Waals surface area contributed by atoms with Crippen molar-refractivity contribution in [3.63, 3.8) is 0 Å². The molecule has 2 aromatic carbocycles. The lowest BCUT2D eigenvalue weighted by Crippen LogP contribution is -2.47. The molecule has 2 aliphatic rings. The molecular formula is C31H38N4O3. The van der Waals surface area contributed by atoms with Crippen LogP contribution in [0.4, 0.5) is 5.69 Å². The van der Waals surface area contributed by atoms with Crippen LogP contribution in [0, 0.1) is 6.92 Å². The lowest BCUT2D eigenvalue weighted by molar-refractivity contribution is 0.271. The van der Waals surface area contributed by atoms with Crippen molar-refractivity contribution in [1.82, 2.24) is 9.13 Å². The quantitative estimate of drug-likeness (QED) is 0.308. The lowest BCUT2D eigenvalue weighted by Gasteiger charge is -2.29. The Bertz CT molecular complexity index is 1390. The molecule has 200 valence electrons. The first kappa shape index (κ1) is 26.0. The van der Waals surface area contributed by atoms with Crippen molar-refractivity contribution < 1.29 is 5.11 Å². The van der Waals surface area contributed by atoms with Gasteiger partial charge in [-0.2, -0.15) is 0 Å². The first-order chi connectivity index (χ1) is 18.5. The summed E-state index contributed by atoms with van der Waals surface area (Å²) in [6.07, 6.45) is 9.47. The van der Waals surface area contributed by atoms with Gasteiger partial charge in [0.1, 0.15) is 11.4 Å². The molecule has 0 saturated heterocycles. The van der Waals surface area contributed by atoms with Crippen molar-refractivity contribution in [3.8, 4) is 5.88 Å². The van der Waals surface area contributed by atoms with Gasteiger partial charge >= 0.3 is 5.69 Å². The van der Waals surface area contributed by atoms with Crippen LogP contribution < -0.4 is 16.6 Å². The minimum absolute atomic E-state index is 0.0808. The van der Waals surface area contributed by atoms with E-state index in [9.17, 15) is 14.7 Å². The second kappa shape index (κ2) is 11.8. The minimum Gasteiger partial charge on any atom is -0.494 e. The number of para-hydroxylation sites is 1. The molecule has 0 atom stereocenters. The number of nitrogens with zero attached hydrogens (tertiary/aromatic N) is 3. The fourth-order valence-corrected chi connectivity index (χ4v) is 5.99. The number of nitrogens with one attached hydrogen (secondary N) is 1. The molecular weight excluding hydrogens is 476 g/mol. The highest BCUT2D eigenvalue weighted by Gasteiger charge is 2.31. The summed E-state index contributed by atoms with van der Waals surface area (Å²) in [6, 6.07) is 17.3. The van der Waals surface area contributed by atoms with Crippen LogP contribution in [-0.4, -0.2) is 20.1 Å². The number of benzene rings is 2. The smallest absolute Gasteiger partial charge is 0.334 e. The van der Waals surface area contributed by atoms with E-state index in [0.29, 0.717) is 6.54 Å². The summed E-state index contributed by atoms with van der Waals surface area (Å²) < 4.78 is 2.93. The zero-order chi connectivity index (χ0) is 26.5. The molecule has 7 heteroatoms. The van der Waals surface area contributed by atoms with Crippen molar-refractivity contribution in [1.29, 1.82) is 0 Å². The summed E-state index contributed by atoms with van der Waals surface area (Å²) in [7, 11) is 0. The van der Waals surface area contributed by atoms with Gasteiger partial charge in [0.25, 0.3) is 5.56 Å². The van der Waals surface area contributed by atoms with E-state index < -0.39 is 5.56 Å². The first-order valence-electron chi connectivity index (χ1n) is 14.1. The number of hydrogen-bond donors (Lipinski definition) is 2. The van der Waals surface area contributed by atoms with Crippen molar-refractivity contribution in [2.75, 3.05) is 5.32 Å². The number of rotatable bonds is 6. The van der Waals surface area contributed by atoms with Gasteiger partial charge in [-0.15, -0.1) is 0 Å². The Morgan fingerprint density at radius 2 is 1.50 bits per heavy atom. The van der Waals surface area contributed by atoms with Crippen LogP contribution in [0.3, 0.4) is 0 Å². The highest BCUT2D eigenvalue weighted by atomic mass is 16.3. The Hall–Kier alpha value is -3.61. The van der Waals surface area contributed by atoms with Gasteiger partial charge in [0.05, 0.1) is 6.54 Å². The molecule has 0 radical (unpaired) electrons. The van der Waals surface area contributed by atoms with E-state index in [-0.39, 0.29) is 35.1 Å². The van der Waals surface area contributed by atoms with Crippen molar-refractivity contribution >= 4 is 11.5 Å². The van der Waals surface area contributed by atoms with Gasteiger partial charge < -0.3 is 10.4 Å². The van der Waals surface area contributed by atoms with Crippen LogP contribution in [0.2, 0.25) is 0 Å². The highest BCUT2D eigenvalue weighted by Crippen LogP contribution is 2.32. The largest absolute Gasteiger partial charge is 0.494 e. The highest BCUT2D eigenvalue weighted by molar-refractivity contribution is 6.09. The predicted octanol–water partition coefficient (Wildman–Crippen LogP) is 6.09. The van der Waals surface area contributed by atoms with Gasteiger partial charge in [0.2, 0.25) is 5.88 Å². The Labute approximate surface area is 223 Å². The minimum atomic E-state index is -0.460. The molecule has 1 heterocycles. The van der Waals surface area contributed by atoms with Crippen molar-refractivity contribution in [2.24, 2.45) is 4.99 Å². The maximum absolute atomic E-state index is 14.1. The number of aliphatic imine (C=N–C) groups is 1. The summed E-state index contributed by atoms with van der Waals surface area (Å²) in [5, 5.41) is 14.9. The van der Waals surface area contributed by atoms with Gasteiger partial charge in [-0.05, 0) is 50.3 Å². The monoisotopic (exact) mass is 514 g/mol. The molecule has 7 nitrogen and oxygen atoms in total. The summed E-state index contributed by atoms with van der Waals surface area (Å²) in [6.45, 7) is 2.37. The molecule has 0 bridgehead atoms. The molecule has 2 fully saturated rings. The van der Waals surface area contributed by atoms with Gasteiger partial charge in [-0.1, -0.05) is 86.6 Å². The summed E-state index contributed by atoms with van der Waals surface area (Å²) in [5.41, 5.74) is 2.13. The zero-order valence-electron chi connectivity index (χ0n) is 22.2. The molecule has 2 aliphatic carbocycles. The van der Waals surface area contributed by atoms with E-state index in [1.165, 1.54) is 9.13 Å². The number of aryl methyl sites for hydroxylation is 1. The average Bonchev–Trinajstić information content (AvgIpc) is 2.93. The van der Waals surface area contributed by atoms with Crippen LogP contribution in [-0.2, 0) is 6.54 Å². The van der Waals surface area contributed by atoms with Crippen molar-refractivity contribution in [3.05, 3.63) is 92.1 Å². The SMILES string of the molecule is Cc1cccc(CN=C(Nc2ccccc2)c2c(O)n(C3CCCCC3)c(=O)n(C3CCCCC3)c2=O)c1. The molecule has 3 aromatic rings. The number of hydrogen-bond acceptors (Lipinski definition) is 4. The molecule has 1 aromatic heterocycles.